The molecule has 6 heteroatoms. The van der Waals surface area contributed by atoms with E-state index in [1.165, 1.54) is 0 Å². The van der Waals surface area contributed by atoms with Gasteiger partial charge in [0, 0.05) is 5.56 Å². The van der Waals surface area contributed by atoms with Crippen LogP contribution in [0, 0.1) is 0 Å². The van der Waals surface area contributed by atoms with Gasteiger partial charge in [-0.2, -0.15) is 0 Å². The van der Waals surface area contributed by atoms with Gasteiger partial charge in [0.25, 0.3) is 0 Å². The molecule has 1 aliphatic rings. The van der Waals surface area contributed by atoms with Crippen molar-refractivity contribution < 1.29 is 28.5 Å². The van der Waals surface area contributed by atoms with Crippen LogP contribution in [0.2, 0.25) is 0 Å². The average molecular weight is 412 g/mol. The molecule has 0 unspecified atom stereocenters. The highest BCUT2D eigenvalue weighted by atomic mass is 16.5. The number of hydrogen-bond acceptors (Lipinski definition) is 6. The van der Waals surface area contributed by atoms with Gasteiger partial charge in [-0.1, -0.05) is 6.07 Å². The number of ether oxygens (including phenoxy) is 5. The van der Waals surface area contributed by atoms with Gasteiger partial charge in [0.05, 0.1) is 32.8 Å². The SMILES string of the molecule is CCOc1ccc(/C=C2\OC(=O)Cc3cc(OCC)c(OCC)cc32)cc1OCC. The van der Waals surface area contributed by atoms with Gasteiger partial charge in [0.2, 0.25) is 0 Å². The molecule has 0 fully saturated rings. The minimum Gasteiger partial charge on any atom is -0.490 e. The maximum Gasteiger partial charge on any atom is 0.315 e. The van der Waals surface area contributed by atoms with Crippen molar-refractivity contribution in [2.75, 3.05) is 26.4 Å². The van der Waals surface area contributed by atoms with E-state index in [1.807, 2.05) is 64.1 Å². The molecular weight excluding hydrogens is 384 g/mol. The smallest absolute Gasteiger partial charge is 0.315 e. The third-order valence-electron chi connectivity index (χ3n) is 4.46. The molecule has 3 rings (SSSR count). The molecule has 0 N–H and O–H groups in total. The lowest BCUT2D eigenvalue weighted by Gasteiger charge is -2.22. The van der Waals surface area contributed by atoms with Crippen molar-refractivity contribution in [3.8, 4) is 23.0 Å². The molecule has 30 heavy (non-hydrogen) atoms. The van der Waals surface area contributed by atoms with Crippen molar-refractivity contribution in [3.63, 3.8) is 0 Å². The highest BCUT2D eigenvalue weighted by molar-refractivity contribution is 5.92. The first-order valence-corrected chi connectivity index (χ1v) is 10.3. The van der Waals surface area contributed by atoms with Crippen molar-refractivity contribution >= 4 is 17.8 Å². The van der Waals surface area contributed by atoms with Crippen LogP contribution in [0.4, 0.5) is 0 Å². The van der Waals surface area contributed by atoms with E-state index in [0.29, 0.717) is 55.2 Å². The monoisotopic (exact) mass is 412 g/mol. The minimum atomic E-state index is -0.309. The lowest BCUT2D eigenvalue weighted by atomic mass is 9.98. The van der Waals surface area contributed by atoms with E-state index in [4.69, 9.17) is 23.7 Å². The fraction of sp³-hybridized carbons (Fsp3) is 0.375. The Hall–Kier alpha value is -3.15. The first-order chi connectivity index (χ1) is 14.6. The standard InChI is InChI=1S/C24H28O6/c1-5-26-19-10-9-16(12-21(19)27-6-2)11-20-18-15-23(29-8-4)22(28-7-3)13-17(18)14-24(25)30-20/h9-13,15H,5-8,14H2,1-4H3/b20-11-. The number of fused-ring (bicyclic) bond motifs is 1. The zero-order valence-corrected chi connectivity index (χ0v) is 17.9. The van der Waals surface area contributed by atoms with Crippen LogP contribution in [0.5, 0.6) is 23.0 Å². The second-order valence-corrected chi connectivity index (χ2v) is 6.55. The maximum atomic E-state index is 12.2. The van der Waals surface area contributed by atoms with E-state index in [1.54, 1.807) is 0 Å². The van der Waals surface area contributed by atoms with Crippen LogP contribution in [0.3, 0.4) is 0 Å². The summed E-state index contributed by atoms with van der Waals surface area (Å²) in [6, 6.07) is 9.38. The van der Waals surface area contributed by atoms with Gasteiger partial charge in [-0.15, -0.1) is 0 Å². The predicted molar refractivity (Wildman–Crippen MR) is 115 cm³/mol. The van der Waals surface area contributed by atoms with E-state index in [2.05, 4.69) is 0 Å². The summed E-state index contributed by atoms with van der Waals surface area (Å²) in [5, 5.41) is 0. The van der Waals surface area contributed by atoms with E-state index in [-0.39, 0.29) is 12.4 Å². The summed E-state index contributed by atoms with van der Waals surface area (Å²) in [6.45, 7) is 9.77. The average Bonchev–Trinajstić information content (AvgIpc) is 2.71. The highest BCUT2D eigenvalue weighted by Gasteiger charge is 2.25. The van der Waals surface area contributed by atoms with Crippen LogP contribution in [0.1, 0.15) is 44.4 Å². The molecule has 0 saturated heterocycles. The molecule has 160 valence electrons. The molecule has 0 bridgehead atoms. The summed E-state index contributed by atoms with van der Waals surface area (Å²) in [6.07, 6.45) is 2.01. The van der Waals surface area contributed by atoms with E-state index in [9.17, 15) is 4.79 Å². The summed E-state index contributed by atoms with van der Waals surface area (Å²) >= 11 is 0. The fourth-order valence-corrected chi connectivity index (χ4v) is 3.30. The van der Waals surface area contributed by atoms with E-state index in [0.717, 1.165) is 16.7 Å². The third kappa shape index (κ3) is 4.87. The second-order valence-electron chi connectivity index (χ2n) is 6.55. The van der Waals surface area contributed by atoms with Gasteiger partial charge in [-0.05, 0) is 69.2 Å². The topological polar surface area (TPSA) is 63.2 Å². The molecule has 6 nitrogen and oxygen atoms in total. The Bertz CT molecular complexity index is 932. The zero-order valence-electron chi connectivity index (χ0n) is 17.9. The minimum absolute atomic E-state index is 0.187. The van der Waals surface area contributed by atoms with E-state index >= 15 is 0 Å². The van der Waals surface area contributed by atoms with Crippen LogP contribution >= 0.6 is 0 Å². The van der Waals surface area contributed by atoms with Crippen LogP contribution in [-0.4, -0.2) is 32.4 Å². The van der Waals surface area contributed by atoms with Crippen LogP contribution in [-0.2, 0) is 16.0 Å². The molecule has 2 aromatic rings. The molecule has 0 saturated carbocycles. The van der Waals surface area contributed by atoms with Crippen molar-refractivity contribution in [3.05, 3.63) is 47.0 Å². The molecule has 1 heterocycles. The number of hydrogen-bond donors (Lipinski definition) is 0. The maximum absolute atomic E-state index is 12.2. The molecule has 0 amide bonds. The van der Waals surface area contributed by atoms with Gasteiger partial charge in [-0.25, -0.2) is 0 Å². The van der Waals surface area contributed by atoms with Crippen LogP contribution in [0.15, 0.2) is 30.3 Å². The quantitative estimate of drug-likeness (QED) is 0.547. The Morgan fingerprint density at radius 3 is 2.00 bits per heavy atom. The first kappa shape index (κ1) is 21.6. The summed E-state index contributed by atoms with van der Waals surface area (Å²) in [4.78, 5) is 12.2. The molecule has 0 atom stereocenters. The summed E-state index contributed by atoms with van der Waals surface area (Å²) in [5.74, 6) is 2.75. The number of benzene rings is 2. The molecule has 0 radical (unpaired) electrons. The first-order valence-electron chi connectivity index (χ1n) is 10.3. The van der Waals surface area contributed by atoms with Gasteiger partial charge in [0.1, 0.15) is 5.76 Å². The summed E-state index contributed by atoms with van der Waals surface area (Å²) < 4.78 is 28.4. The van der Waals surface area contributed by atoms with Crippen molar-refractivity contribution in [1.29, 1.82) is 0 Å². The summed E-state index contributed by atoms with van der Waals surface area (Å²) in [7, 11) is 0. The molecule has 0 aliphatic carbocycles. The molecule has 1 aliphatic heterocycles. The normalized spacial score (nSPS) is 14.1. The van der Waals surface area contributed by atoms with Gasteiger partial charge in [0.15, 0.2) is 23.0 Å². The Kier molecular flexibility index (Phi) is 7.22. The Balaban J connectivity index is 2.05. The van der Waals surface area contributed by atoms with Gasteiger partial charge >= 0.3 is 5.97 Å². The van der Waals surface area contributed by atoms with Crippen molar-refractivity contribution in [1.82, 2.24) is 0 Å². The zero-order chi connectivity index (χ0) is 21.5. The molecule has 0 aromatic heterocycles. The van der Waals surface area contributed by atoms with Gasteiger partial charge < -0.3 is 23.7 Å². The largest absolute Gasteiger partial charge is 0.490 e. The molecule has 2 aromatic carbocycles. The van der Waals surface area contributed by atoms with E-state index < -0.39 is 0 Å². The van der Waals surface area contributed by atoms with Crippen molar-refractivity contribution in [2.45, 2.75) is 34.1 Å². The Morgan fingerprint density at radius 2 is 1.37 bits per heavy atom. The number of carbonyl (C=O) groups excluding carboxylic acids is 1. The molecule has 0 spiro atoms. The number of carbonyl (C=O) groups is 1. The Morgan fingerprint density at radius 1 is 0.800 bits per heavy atom. The van der Waals surface area contributed by atoms with Crippen LogP contribution in [0.25, 0.3) is 11.8 Å². The lowest BCUT2D eigenvalue weighted by Crippen LogP contribution is -2.16. The van der Waals surface area contributed by atoms with Gasteiger partial charge in [-0.3, -0.25) is 4.79 Å². The lowest BCUT2D eigenvalue weighted by molar-refractivity contribution is -0.136. The van der Waals surface area contributed by atoms with Crippen LogP contribution < -0.4 is 18.9 Å². The highest BCUT2D eigenvalue weighted by Crippen LogP contribution is 2.38. The number of esters is 1. The Labute approximate surface area is 177 Å². The second kappa shape index (κ2) is 10.1. The summed E-state index contributed by atoms with van der Waals surface area (Å²) in [5.41, 5.74) is 2.50. The van der Waals surface area contributed by atoms with Crippen molar-refractivity contribution in [2.24, 2.45) is 0 Å². The molecular formula is C24H28O6. The number of rotatable bonds is 9. The predicted octanol–water partition coefficient (Wildman–Crippen LogP) is 4.88. The fourth-order valence-electron chi connectivity index (χ4n) is 3.30. The number of cyclic esters (lactones) is 1. The third-order valence-corrected chi connectivity index (χ3v) is 4.46.